The average molecular weight is 705 g/mol. The molecule has 9 nitrogen and oxygen atoms in total. The van der Waals surface area contributed by atoms with Gasteiger partial charge in [0.25, 0.3) is 0 Å². The maximum absolute atomic E-state index is 12.5. The van der Waals surface area contributed by atoms with Crippen molar-refractivity contribution in [3.8, 4) is 0 Å². The van der Waals surface area contributed by atoms with Gasteiger partial charge in [-0.3, -0.25) is 13.8 Å². The van der Waals surface area contributed by atoms with Gasteiger partial charge in [0.2, 0.25) is 0 Å². The SMILES string of the molecule is CCCC/C=C\C/C=C\CCCCCCCC(=O)OC(COCCCCCCCCCCCCCCC)COP(=O)(O)OCC(O)CO. The molecule has 0 bridgehead atoms. The predicted molar refractivity (Wildman–Crippen MR) is 196 cm³/mol. The molecular formula is C38H73O9P. The quantitative estimate of drug-likeness (QED) is 0.0250. The molecule has 48 heavy (non-hydrogen) atoms. The Balaban J connectivity index is 4.25. The summed E-state index contributed by atoms with van der Waals surface area (Å²) in [5.74, 6) is -0.396. The molecule has 0 saturated heterocycles. The summed E-state index contributed by atoms with van der Waals surface area (Å²) in [7, 11) is -4.51. The van der Waals surface area contributed by atoms with Crippen LogP contribution in [-0.4, -0.2) is 66.3 Å². The number of carbonyl (C=O) groups is 1. The van der Waals surface area contributed by atoms with E-state index in [-0.39, 0.29) is 19.6 Å². The molecule has 3 unspecified atom stereocenters. The van der Waals surface area contributed by atoms with Crippen molar-refractivity contribution in [1.82, 2.24) is 0 Å². The van der Waals surface area contributed by atoms with Crippen molar-refractivity contribution in [1.29, 1.82) is 0 Å². The molecule has 0 saturated carbocycles. The predicted octanol–water partition coefficient (Wildman–Crippen LogP) is 9.92. The Bertz CT molecular complexity index is 805. The largest absolute Gasteiger partial charge is 0.472 e. The first-order valence-corrected chi connectivity index (χ1v) is 20.8. The number of aliphatic hydroxyl groups is 2. The molecule has 0 aliphatic rings. The van der Waals surface area contributed by atoms with Crippen LogP contribution in [0.2, 0.25) is 0 Å². The van der Waals surface area contributed by atoms with Crippen LogP contribution < -0.4 is 0 Å². The first kappa shape index (κ1) is 46.9. The molecule has 10 heteroatoms. The van der Waals surface area contributed by atoms with Crippen LogP contribution in [0.25, 0.3) is 0 Å². The van der Waals surface area contributed by atoms with Crippen LogP contribution in [0.1, 0.15) is 168 Å². The van der Waals surface area contributed by atoms with Gasteiger partial charge < -0.3 is 24.6 Å². The normalized spacial score (nSPS) is 14.5. The number of phosphoric acid groups is 1. The van der Waals surface area contributed by atoms with Crippen molar-refractivity contribution in [2.45, 2.75) is 180 Å². The third-order valence-corrected chi connectivity index (χ3v) is 9.09. The lowest BCUT2D eigenvalue weighted by molar-refractivity contribution is -0.154. The Morgan fingerprint density at radius 2 is 1.15 bits per heavy atom. The summed E-state index contributed by atoms with van der Waals surface area (Å²) in [5.41, 5.74) is 0. The third kappa shape index (κ3) is 34.8. The highest BCUT2D eigenvalue weighted by Crippen LogP contribution is 2.43. The second-order valence-corrected chi connectivity index (χ2v) is 14.4. The van der Waals surface area contributed by atoms with Crippen molar-refractivity contribution in [2.24, 2.45) is 0 Å². The highest BCUT2D eigenvalue weighted by molar-refractivity contribution is 7.47. The zero-order valence-corrected chi connectivity index (χ0v) is 31.6. The summed E-state index contributed by atoms with van der Waals surface area (Å²) >= 11 is 0. The van der Waals surface area contributed by atoms with Gasteiger partial charge in [-0.15, -0.1) is 0 Å². The number of aliphatic hydroxyl groups excluding tert-OH is 2. The van der Waals surface area contributed by atoms with E-state index in [0.29, 0.717) is 13.0 Å². The Morgan fingerprint density at radius 1 is 0.646 bits per heavy atom. The molecule has 0 spiro atoms. The molecule has 3 atom stereocenters. The molecule has 0 rings (SSSR count). The van der Waals surface area contributed by atoms with Crippen LogP contribution in [0.15, 0.2) is 24.3 Å². The van der Waals surface area contributed by atoms with Gasteiger partial charge >= 0.3 is 13.8 Å². The average Bonchev–Trinajstić information content (AvgIpc) is 3.07. The molecule has 0 aliphatic carbocycles. The van der Waals surface area contributed by atoms with Crippen molar-refractivity contribution in [3.63, 3.8) is 0 Å². The Hall–Kier alpha value is -1.06. The number of rotatable bonds is 37. The minimum Gasteiger partial charge on any atom is -0.457 e. The van der Waals surface area contributed by atoms with Gasteiger partial charge in [-0.05, 0) is 38.5 Å². The van der Waals surface area contributed by atoms with E-state index in [9.17, 15) is 19.4 Å². The number of unbranched alkanes of at least 4 members (excludes halogenated alkanes) is 19. The third-order valence-electron chi connectivity index (χ3n) is 8.14. The Kier molecular flexibility index (Phi) is 35.0. The molecule has 0 amide bonds. The molecule has 0 aromatic rings. The van der Waals surface area contributed by atoms with Gasteiger partial charge in [0, 0.05) is 13.0 Å². The highest BCUT2D eigenvalue weighted by Gasteiger charge is 2.26. The second-order valence-electron chi connectivity index (χ2n) is 13.0. The lowest BCUT2D eigenvalue weighted by Gasteiger charge is -2.20. The molecular weight excluding hydrogens is 631 g/mol. The number of phosphoric ester groups is 1. The number of ether oxygens (including phenoxy) is 2. The lowest BCUT2D eigenvalue weighted by atomic mass is 10.0. The summed E-state index contributed by atoms with van der Waals surface area (Å²) in [5, 5.41) is 18.3. The fraction of sp³-hybridized carbons (Fsp3) is 0.868. The molecule has 284 valence electrons. The van der Waals surface area contributed by atoms with Gasteiger partial charge in [0.05, 0.1) is 26.4 Å². The number of esters is 1. The smallest absolute Gasteiger partial charge is 0.457 e. The van der Waals surface area contributed by atoms with Gasteiger partial charge in [0.15, 0.2) is 0 Å². The number of hydrogen-bond acceptors (Lipinski definition) is 8. The highest BCUT2D eigenvalue weighted by atomic mass is 31.2. The van der Waals surface area contributed by atoms with E-state index in [2.05, 4.69) is 38.2 Å². The maximum atomic E-state index is 12.5. The van der Waals surface area contributed by atoms with Crippen LogP contribution >= 0.6 is 7.82 Å². The standard InChI is InChI=1S/C38H73O9P/c1-3-5-7-9-11-13-15-17-18-20-22-24-26-28-30-38(41)47-37(35-46-48(42,43)45-33-36(40)32-39)34-44-31-29-27-25-23-21-19-16-14-12-10-8-6-4-2/h9,11,15,17,36-37,39-40H,3-8,10,12-14,16,18-35H2,1-2H3,(H,42,43)/b11-9-,17-15-. The molecule has 0 aliphatic heterocycles. The monoisotopic (exact) mass is 704 g/mol. The molecule has 0 radical (unpaired) electrons. The number of carbonyl (C=O) groups excluding carboxylic acids is 1. The summed E-state index contributed by atoms with van der Waals surface area (Å²) < 4.78 is 33.2. The van der Waals surface area contributed by atoms with Crippen LogP contribution in [0.5, 0.6) is 0 Å². The molecule has 0 aromatic heterocycles. The molecule has 0 fully saturated rings. The zero-order chi connectivity index (χ0) is 35.4. The number of hydrogen-bond donors (Lipinski definition) is 3. The summed E-state index contributed by atoms with van der Waals surface area (Å²) in [4.78, 5) is 22.5. The minimum atomic E-state index is -4.51. The van der Waals surface area contributed by atoms with Crippen molar-refractivity contribution in [3.05, 3.63) is 24.3 Å². The summed E-state index contributed by atoms with van der Waals surface area (Å²) in [6.07, 6.45) is 34.1. The lowest BCUT2D eigenvalue weighted by Crippen LogP contribution is -2.29. The van der Waals surface area contributed by atoms with Crippen molar-refractivity contribution < 1.29 is 43.0 Å². The minimum absolute atomic E-state index is 0.0469. The number of allylic oxidation sites excluding steroid dienone is 4. The molecule has 0 heterocycles. The van der Waals surface area contributed by atoms with E-state index in [0.717, 1.165) is 57.8 Å². The zero-order valence-electron chi connectivity index (χ0n) is 30.7. The van der Waals surface area contributed by atoms with Gasteiger partial charge in [-0.2, -0.15) is 0 Å². The molecule has 0 aromatic carbocycles. The van der Waals surface area contributed by atoms with Crippen LogP contribution in [0.4, 0.5) is 0 Å². The summed E-state index contributed by atoms with van der Waals surface area (Å²) in [6, 6.07) is 0. The fourth-order valence-corrected chi connectivity index (χ4v) is 5.93. The second kappa shape index (κ2) is 35.8. The van der Waals surface area contributed by atoms with E-state index < -0.39 is 39.2 Å². The van der Waals surface area contributed by atoms with E-state index in [1.54, 1.807) is 0 Å². The van der Waals surface area contributed by atoms with Crippen molar-refractivity contribution >= 4 is 13.8 Å². The van der Waals surface area contributed by atoms with Crippen LogP contribution in [-0.2, 0) is 27.9 Å². The van der Waals surface area contributed by atoms with Crippen LogP contribution in [0, 0.1) is 0 Å². The van der Waals surface area contributed by atoms with Gasteiger partial charge in [-0.1, -0.05) is 147 Å². The molecule has 3 N–H and O–H groups in total. The first-order valence-electron chi connectivity index (χ1n) is 19.3. The first-order chi connectivity index (χ1) is 23.3. The Labute approximate surface area is 293 Å². The van der Waals surface area contributed by atoms with Crippen molar-refractivity contribution in [2.75, 3.05) is 33.0 Å². The topological polar surface area (TPSA) is 132 Å². The van der Waals surface area contributed by atoms with E-state index in [1.807, 2.05) is 0 Å². The van der Waals surface area contributed by atoms with Gasteiger partial charge in [0.1, 0.15) is 12.2 Å². The fourth-order valence-electron chi connectivity index (χ4n) is 5.14. The van der Waals surface area contributed by atoms with Gasteiger partial charge in [-0.25, -0.2) is 4.57 Å². The van der Waals surface area contributed by atoms with E-state index in [4.69, 9.17) is 23.6 Å². The van der Waals surface area contributed by atoms with E-state index >= 15 is 0 Å². The summed E-state index contributed by atoms with van der Waals surface area (Å²) in [6.45, 7) is 3.46. The Morgan fingerprint density at radius 3 is 1.73 bits per heavy atom. The maximum Gasteiger partial charge on any atom is 0.472 e. The van der Waals surface area contributed by atoms with E-state index in [1.165, 1.54) is 83.5 Å². The van der Waals surface area contributed by atoms with Crippen LogP contribution in [0.3, 0.4) is 0 Å².